The summed E-state index contributed by atoms with van der Waals surface area (Å²) in [4.78, 5) is 1.43. The Labute approximate surface area is 83.9 Å². The number of fused-ring (bicyclic) bond motifs is 1. The summed E-state index contributed by atoms with van der Waals surface area (Å²) in [7, 11) is 0. The molecule has 1 atom stereocenters. The van der Waals surface area contributed by atoms with Gasteiger partial charge in [0.05, 0.1) is 0 Å². The molecule has 0 saturated carbocycles. The first-order chi connectivity index (χ1) is 6.33. The molecule has 0 bridgehead atoms. The largest absolute Gasteiger partial charge is 0.310 e. The molecular formula is C11H15NS. The fourth-order valence-corrected chi connectivity index (χ4v) is 2.74. The molecule has 0 aromatic heterocycles. The highest BCUT2D eigenvalue weighted by molar-refractivity contribution is 7.98. The maximum Gasteiger partial charge on any atom is 0.0305 e. The van der Waals surface area contributed by atoms with Crippen molar-refractivity contribution in [3.8, 4) is 0 Å². The first-order valence-corrected chi connectivity index (χ1v) is 5.94. The molecule has 2 heteroatoms. The predicted octanol–water partition coefficient (Wildman–Crippen LogP) is 2.62. The third-order valence-electron chi connectivity index (χ3n) is 2.65. The normalized spacial score (nSPS) is 21.2. The number of thioether (sulfide) groups is 1. The maximum atomic E-state index is 3.50. The smallest absolute Gasteiger partial charge is 0.0305 e. The molecule has 1 heterocycles. The second kappa shape index (κ2) is 3.72. The predicted molar refractivity (Wildman–Crippen MR) is 58.3 cm³/mol. The quantitative estimate of drug-likeness (QED) is 0.688. The van der Waals surface area contributed by atoms with Crippen molar-refractivity contribution in [1.29, 1.82) is 0 Å². The molecule has 0 amide bonds. The molecule has 1 N–H and O–H groups in total. The summed E-state index contributed by atoms with van der Waals surface area (Å²) in [6.45, 7) is 3.36. The zero-order chi connectivity index (χ0) is 9.26. The van der Waals surface area contributed by atoms with Crippen LogP contribution in [-0.2, 0) is 6.42 Å². The Balaban J connectivity index is 2.50. The van der Waals surface area contributed by atoms with Gasteiger partial charge in [-0.1, -0.05) is 12.1 Å². The highest BCUT2D eigenvalue weighted by atomic mass is 32.2. The maximum absolute atomic E-state index is 3.50. The van der Waals surface area contributed by atoms with Crippen LogP contribution in [0, 0.1) is 0 Å². The molecule has 0 unspecified atom stereocenters. The number of rotatable bonds is 1. The van der Waals surface area contributed by atoms with Gasteiger partial charge in [-0.3, -0.25) is 0 Å². The van der Waals surface area contributed by atoms with Gasteiger partial charge in [0.15, 0.2) is 0 Å². The lowest BCUT2D eigenvalue weighted by Crippen LogP contribution is -2.28. The van der Waals surface area contributed by atoms with Crippen molar-refractivity contribution in [2.24, 2.45) is 0 Å². The Hall–Kier alpha value is -0.470. The number of hydrogen-bond acceptors (Lipinski definition) is 2. The van der Waals surface area contributed by atoms with E-state index < -0.39 is 0 Å². The lowest BCUT2D eigenvalue weighted by molar-refractivity contribution is 0.532. The van der Waals surface area contributed by atoms with Crippen LogP contribution >= 0.6 is 11.8 Å². The monoisotopic (exact) mass is 193 g/mol. The fourth-order valence-electron chi connectivity index (χ4n) is 2.00. The van der Waals surface area contributed by atoms with Gasteiger partial charge >= 0.3 is 0 Å². The molecule has 13 heavy (non-hydrogen) atoms. The van der Waals surface area contributed by atoms with E-state index >= 15 is 0 Å². The van der Waals surface area contributed by atoms with Gasteiger partial charge in [-0.15, -0.1) is 11.8 Å². The molecule has 1 aromatic rings. The zero-order valence-corrected chi connectivity index (χ0v) is 8.95. The molecule has 1 aliphatic rings. The highest BCUT2D eigenvalue weighted by Crippen LogP contribution is 2.31. The van der Waals surface area contributed by atoms with Gasteiger partial charge in [0.25, 0.3) is 0 Å². The van der Waals surface area contributed by atoms with Gasteiger partial charge in [-0.25, -0.2) is 0 Å². The Kier molecular flexibility index (Phi) is 2.61. The van der Waals surface area contributed by atoms with Gasteiger partial charge in [0, 0.05) is 10.9 Å². The number of nitrogens with one attached hydrogen (secondary N) is 1. The van der Waals surface area contributed by atoms with Crippen molar-refractivity contribution in [3.05, 3.63) is 29.3 Å². The lowest BCUT2D eigenvalue weighted by Gasteiger charge is -2.25. The summed E-state index contributed by atoms with van der Waals surface area (Å²) in [5, 5.41) is 3.50. The highest BCUT2D eigenvalue weighted by Gasteiger charge is 2.17. The fraction of sp³-hybridized carbons (Fsp3) is 0.455. The third-order valence-corrected chi connectivity index (χ3v) is 3.45. The van der Waals surface area contributed by atoms with Crippen LogP contribution in [0.15, 0.2) is 23.1 Å². The van der Waals surface area contributed by atoms with E-state index in [1.807, 2.05) is 11.8 Å². The molecule has 1 aromatic carbocycles. The first-order valence-electron chi connectivity index (χ1n) is 4.72. The molecule has 70 valence electrons. The van der Waals surface area contributed by atoms with Crippen LogP contribution in [0.1, 0.15) is 24.1 Å². The van der Waals surface area contributed by atoms with E-state index in [1.165, 1.54) is 22.4 Å². The summed E-state index contributed by atoms with van der Waals surface area (Å²) in [6, 6.07) is 7.16. The van der Waals surface area contributed by atoms with E-state index in [1.54, 1.807) is 0 Å². The van der Waals surface area contributed by atoms with E-state index in [-0.39, 0.29) is 0 Å². The summed E-state index contributed by atoms with van der Waals surface area (Å²) >= 11 is 1.85. The van der Waals surface area contributed by atoms with Crippen LogP contribution in [0.3, 0.4) is 0 Å². The molecule has 1 nitrogen and oxygen atoms in total. The zero-order valence-electron chi connectivity index (χ0n) is 8.13. The minimum absolute atomic E-state index is 0.521. The summed E-state index contributed by atoms with van der Waals surface area (Å²) < 4.78 is 0. The van der Waals surface area contributed by atoms with Crippen LogP contribution in [0.25, 0.3) is 0 Å². The number of benzene rings is 1. The average molecular weight is 193 g/mol. The van der Waals surface area contributed by atoms with Gasteiger partial charge in [-0.05, 0) is 43.3 Å². The summed E-state index contributed by atoms with van der Waals surface area (Å²) in [6.07, 6.45) is 3.32. The van der Waals surface area contributed by atoms with Gasteiger partial charge in [0.1, 0.15) is 0 Å². The Morgan fingerprint density at radius 2 is 2.31 bits per heavy atom. The molecule has 0 fully saturated rings. The first kappa shape index (κ1) is 9.10. The van der Waals surface area contributed by atoms with E-state index in [2.05, 4.69) is 36.7 Å². The van der Waals surface area contributed by atoms with E-state index in [0.29, 0.717) is 6.04 Å². The molecule has 0 radical (unpaired) electrons. The Morgan fingerprint density at radius 3 is 3.08 bits per heavy atom. The van der Waals surface area contributed by atoms with Crippen molar-refractivity contribution < 1.29 is 0 Å². The molecule has 1 aliphatic heterocycles. The second-order valence-electron chi connectivity index (χ2n) is 3.46. The van der Waals surface area contributed by atoms with Crippen LogP contribution in [0.4, 0.5) is 0 Å². The van der Waals surface area contributed by atoms with E-state index in [0.717, 1.165) is 6.54 Å². The lowest BCUT2D eigenvalue weighted by atomic mass is 9.95. The summed E-state index contributed by atoms with van der Waals surface area (Å²) in [5.74, 6) is 0. The van der Waals surface area contributed by atoms with Crippen molar-refractivity contribution in [2.75, 3.05) is 12.8 Å². The van der Waals surface area contributed by atoms with Crippen LogP contribution in [0.5, 0.6) is 0 Å². The molecular weight excluding hydrogens is 178 g/mol. The van der Waals surface area contributed by atoms with Crippen molar-refractivity contribution in [3.63, 3.8) is 0 Å². The van der Waals surface area contributed by atoms with E-state index in [4.69, 9.17) is 0 Å². The van der Waals surface area contributed by atoms with E-state index in [9.17, 15) is 0 Å². The van der Waals surface area contributed by atoms with Crippen molar-refractivity contribution in [1.82, 2.24) is 5.32 Å². The van der Waals surface area contributed by atoms with Crippen molar-refractivity contribution >= 4 is 11.8 Å². The van der Waals surface area contributed by atoms with Gasteiger partial charge in [-0.2, -0.15) is 0 Å². The summed E-state index contributed by atoms with van der Waals surface area (Å²) in [5.41, 5.74) is 3.04. The minimum atomic E-state index is 0.521. The van der Waals surface area contributed by atoms with Crippen LogP contribution in [0.2, 0.25) is 0 Å². The Bertz CT molecular complexity index is 295. The van der Waals surface area contributed by atoms with Crippen LogP contribution in [-0.4, -0.2) is 12.8 Å². The SMILES string of the molecule is CSc1cccc2c1[C@H](C)NCC2. The average Bonchev–Trinajstić information content (AvgIpc) is 2.17. The number of hydrogen-bond donors (Lipinski definition) is 1. The molecule has 0 saturated heterocycles. The van der Waals surface area contributed by atoms with Crippen molar-refractivity contribution in [2.45, 2.75) is 24.3 Å². The second-order valence-corrected chi connectivity index (χ2v) is 4.31. The van der Waals surface area contributed by atoms with Gasteiger partial charge < -0.3 is 5.32 Å². The molecule has 2 rings (SSSR count). The van der Waals surface area contributed by atoms with Gasteiger partial charge in [0.2, 0.25) is 0 Å². The minimum Gasteiger partial charge on any atom is -0.310 e. The standard InChI is InChI=1S/C11H15NS/c1-8-11-9(6-7-12-8)4-3-5-10(11)13-2/h3-5,8,12H,6-7H2,1-2H3/t8-/m0/s1. The topological polar surface area (TPSA) is 12.0 Å². The third kappa shape index (κ3) is 1.61. The molecule has 0 spiro atoms. The molecule has 0 aliphatic carbocycles. The van der Waals surface area contributed by atoms with Crippen LogP contribution < -0.4 is 5.32 Å². The Morgan fingerprint density at radius 1 is 1.46 bits per heavy atom.